The molecule has 0 unspecified atom stereocenters. The van der Waals surface area contributed by atoms with Crippen molar-refractivity contribution in [3.8, 4) is 11.8 Å². The molecule has 1 aromatic heterocycles. The summed E-state index contributed by atoms with van der Waals surface area (Å²) in [6, 6.07) is 11.7. The Hall–Kier alpha value is -3.47. The molecular weight excluding hydrogens is 300 g/mol. The van der Waals surface area contributed by atoms with E-state index in [0.717, 1.165) is 5.56 Å². The van der Waals surface area contributed by atoms with E-state index < -0.39 is 16.6 Å². The van der Waals surface area contributed by atoms with Gasteiger partial charge in [0.1, 0.15) is 6.20 Å². The van der Waals surface area contributed by atoms with Crippen LogP contribution in [0.2, 0.25) is 0 Å². The van der Waals surface area contributed by atoms with Crippen molar-refractivity contribution in [1.82, 2.24) is 4.98 Å². The number of ether oxygens (including phenoxy) is 1. The van der Waals surface area contributed by atoms with Gasteiger partial charge in [0.05, 0.1) is 12.5 Å². The number of aromatic nitrogens is 1. The van der Waals surface area contributed by atoms with Gasteiger partial charge in [-0.3, -0.25) is 4.79 Å². The van der Waals surface area contributed by atoms with E-state index in [9.17, 15) is 14.9 Å². The SMILES string of the molecule is N#CCc1ccc(NC(=O)COc2cccnc2[N+](=O)[O-])cc1. The third-order valence-electron chi connectivity index (χ3n) is 2.80. The molecule has 0 fully saturated rings. The summed E-state index contributed by atoms with van der Waals surface area (Å²) in [5, 5.41) is 22.0. The minimum Gasteiger partial charge on any atom is -0.476 e. The third-order valence-corrected chi connectivity index (χ3v) is 2.80. The van der Waals surface area contributed by atoms with Gasteiger partial charge in [0.15, 0.2) is 6.61 Å². The van der Waals surface area contributed by atoms with Crippen LogP contribution in [0.5, 0.6) is 5.75 Å². The number of pyridine rings is 1. The summed E-state index contributed by atoms with van der Waals surface area (Å²) in [6.45, 7) is -0.382. The number of nitrogens with zero attached hydrogens (tertiary/aromatic N) is 3. The highest BCUT2D eigenvalue weighted by Crippen LogP contribution is 2.22. The molecule has 1 heterocycles. The maximum absolute atomic E-state index is 11.8. The molecule has 0 saturated heterocycles. The first-order chi connectivity index (χ1) is 11.1. The lowest BCUT2D eigenvalue weighted by Crippen LogP contribution is -2.20. The summed E-state index contributed by atoms with van der Waals surface area (Å²) >= 11 is 0. The van der Waals surface area contributed by atoms with Crippen LogP contribution in [0, 0.1) is 21.4 Å². The van der Waals surface area contributed by atoms with Crippen LogP contribution in [0.1, 0.15) is 5.56 Å². The van der Waals surface area contributed by atoms with Gasteiger partial charge in [-0.05, 0) is 39.7 Å². The Morgan fingerprint density at radius 1 is 1.35 bits per heavy atom. The zero-order chi connectivity index (χ0) is 16.7. The lowest BCUT2D eigenvalue weighted by molar-refractivity contribution is -0.390. The average molecular weight is 312 g/mol. The van der Waals surface area contributed by atoms with Crippen LogP contribution >= 0.6 is 0 Å². The van der Waals surface area contributed by atoms with Crippen molar-refractivity contribution < 1.29 is 14.5 Å². The van der Waals surface area contributed by atoms with E-state index >= 15 is 0 Å². The number of carbonyl (C=O) groups is 1. The fourth-order valence-electron chi connectivity index (χ4n) is 1.77. The van der Waals surface area contributed by atoms with Gasteiger partial charge >= 0.3 is 5.82 Å². The molecule has 2 rings (SSSR count). The molecule has 8 nitrogen and oxygen atoms in total. The second-order valence-corrected chi connectivity index (χ2v) is 4.45. The smallest absolute Gasteiger partial charge is 0.406 e. The largest absolute Gasteiger partial charge is 0.476 e. The molecule has 1 N–H and O–H groups in total. The van der Waals surface area contributed by atoms with Crippen LogP contribution < -0.4 is 10.1 Å². The first kappa shape index (κ1) is 15.9. The lowest BCUT2D eigenvalue weighted by atomic mass is 10.1. The molecule has 0 aliphatic rings. The van der Waals surface area contributed by atoms with Gasteiger partial charge in [-0.25, -0.2) is 0 Å². The first-order valence-electron chi connectivity index (χ1n) is 6.58. The summed E-state index contributed by atoms with van der Waals surface area (Å²) in [7, 11) is 0. The zero-order valence-corrected chi connectivity index (χ0v) is 11.9. The van der Waals surface area contributed by atoms with Crippen LogP contribution in [0.15, 0.2) is 42.6 Å². The van der Waals surface area contributed by atoms with Gasteiger partial charge in [0.2, 0.25) is 5.75 Å². The maximum atomic E-state index is 11.8. The Labute approximate surface area is 131 Å². The average Bonchev–Trinajstić information content (AvgIpc) is 2.55. The summed E-state index contributed by atoms with van der Waals surface area (Å²) in [4.78, 5) is 25.5. The number of carbonyl (C=O) groups excluding carboxylic acids is 1. The van der Waals surface area contributed by atoms with Crippen LogP contribution in [-0.4, -0.2) is 22.4 Å². The Morgan fingerprint density at radius 3 is 2.74 bits per heavy atom. The van der Waals surface area contributed by atoms with Crippen molar-refractivity contribution in [3.05, 3.63) is 58.3 Å². The Morgan fingerprint density at radius 2 is 2.09 bits per heavy atom. The number of nitriles is 1. The Balaban J connectivity index is 1.93. The number of nitrogens with one attached hydrogen (secondary N) is 1. The molecule has 1 aromatic carbocycles. The van der Waals surface area contributed by atoms with Gasteiger partial charge in [0, 0.05) is 5.69 Å². The van der Waals surface area contributed by atoms with Crippen LogP contribution in [-0.2, 0) is 11.2 Å². The van der Waals surface area contributed by atoms with Crippen molar-refractivity contribution in [2.45, 2.75) is 6.42 Å². The molecule has 0 aliphatic carbocycles. The monoisotopic (exact) mass is 312 g/mol. The molecule has 0 radical (unpaired) electrons. The topological polar surface area (TPSA) is 118 Å². The van der Waals surface area contributed by atoms with E-state index in [2.05, 4.69) is 10.3 Å². The Bertz CT molecular complexity index is 753. The molecule has 116 valence electrons. The van der Waals surface area contributed by atoms with Crippen molar-refractivity contribution in [3.63, 3.8) is 0 Å². The van der Waals surface area contributed by atoms with Crippen molar-refractivity contribution in [1.29, 1.82) is 5.26 Å². The highest BCUT2D eigenvalue weighted by Gasteiger charge is 2.16. The normalized spacial score (nSPS) is 9.70. The molecule has 0 bridgehead atoms. The molecule has 23 heavy (non-hydrogen) atoms. The minimum absolute atomic E-state index is 0.0722. The number of hydrogen-bond donors (Lipinski definition) is 1. The first-order valence-corrected chi connectivity index (χ1v) is 6.58. The van der Waals surface area contributed by atoms with Crippen molar-refractivity contribution >= 4 is 17.4 Å². The molecule has 1 amide bonds. The number of hydrogen-bond acceptors (Lipinski definition) is 6. The van der Waals surface area contributed by atoms with Crippen LogP contribution in [0.3, 0.4) is 0 Å². The summed E-state index contributed by atoms with van der Waals surface area (Å²) < 4.78 is 5.14. The van der Waals surface area contributed by atoms with Crippen molar-refractivity contribution in [2.24, 2.45) is 0 Å². The number of nitro groups is 1. The molecule has 0 spiro atoms. The van der Waals surface area contributed by atoms with Gasteiger partial charge in [-0.1, -0.05) is 12.1 Å². The second-order valence-electron chi connectivity index (χ2n) is 4.45. The summed E-state index contributed by atoms with van der Waals surface area (Å²) in [5.41, 5.74) is 1.38. The Kier molecular flexibility index (Phi) is 5.20. The molecular formula is C15H12N4O4. The van der Waals surface area contributed by atoms with E-state index in [1.54, 1.807) is 24.3 Å². The number of benzene rings is 1. The minimum atomic E-state index is -0.679. The fraction of sp³-hybridized carbons (Fsp3) is 0.133. The highest BCUT2D eigenvalue weighted by molar-refractivity contribution is 5.91. The molecule has 8 heteroatoms. The third kappa shape index (κ3) is 4.50. The lowest BCUT2D eigenvalue weighted by Gasteiger charge is -2.07. The molecule has 2 aromatic rings. The summed E-state index contributed by atoms with van der Waals surface area (Å²) in [5.74, 6) is -0.977. The van der Waals surface area contributed by atoms with Crippen LogP contribution in [0.4, 0.5) is 11.5 Å². The van der Waals surface area contributed by atoms with Crippen molar-refractivity contribution in [2.75, 3.05) is 11.9 Å². The van der Waals surface area contributed by atoms with E-state index in [1.807, 2.05) is 6.07 Å². The predicted octanol–water partition coefficient (Wildman–Crippen LogP) is 2.07. The molecule has 0 saturated carbocycles. The van der Waals surface area contributed by atoms with Gasteiger partial charge in [-0.15, -0.1) is 0 Å². The zero-order valence-electron chi connectivity index (χ0n) is 11.9. The van der Waals surface area contributed by atoms with E-state index in [0.29, 0.717) is 12.1 Å². The fourth-order valence-corrected chi connectivity index (χ4v) is 1.77. The van der Waals surface area contributed by atoms with Crippen LogP contribution in [0.25, 0.3) is 0 Å². The van der Waals surface area contributed by atoms with E-state index in [4.69, 9.17) is 10.00 Å². The van der Waals surface area contributed by atoms with Gasteiger partial charge < -0.3 is 20.2 Å². The number of anilines is 1. The number of rotatable bonds is 6. The quantitative estimate of drug-likeness (QED) is 0.644. The predicted molar refractivity (Wildman–Crippen MR) is 80.8 cm³/mol. The second kappa shape index (κ2) is 7.51. The van der Waals surface area contributed by atoms with E-state index in [1.165, 1.54) is 18.3 Å². The van der Waals surface area contributed by atoms with E-state index in [-0.39, 0.29) is 12.4 Å². The molecule has 0 aliphatic heterocycles. The highest BCUT2D eigenvalue weighted by atomic mass is 16.6. The number of amides is 1. The standard InChI is InChI=1S/C15H12N4O4/c16-8-7-11-3-5-12(6-4-11)18-14(20)10-23-13-2-1-9-17-15(13)19(21)22/h1-6,9H,7,10H2,(H,18,20). The van der Waals surface area contributed by atoms with Gasteiger partial charge in [0.25, 0.3) is 5.91 Å². The maximum Gasteiger partial charge on any atom is 0.406 e. The summed E-state index contributed by atoms with van der Waals surface area (Å²) in [6.07, 6.45) is 1.57. The molecule has 0 atom stereocenters. The van der Waals surface area contributed by atoms with Gasteiger partial charge in [-0.2, -0.15) is 5.26 Å².